The van der Waals surface area contributed by atoms with Crippen molar-refractivity contribution in [3.05, 3.63) is 0 Å². The van der Waals surface area contributed by atoms with Gasteiger partial charge in [0.2, 0.25) is 0 Å². The van der Waals surface area contributed by atoms with E-state index in [4.69, 9.17) is 28.4 Å². The highest BCUT2D eigenvalue weighted by Gasteiger charge is 2.49. The second kappa shape index (κ2) is 11.2. The predicted octanol–water partition coefficient (Wildman–Crippen LogP) is 1.04. The second-order valence-electron chi connectivity index (χ2n) is 9.01. The lowest BCUT2D eigenvalue weighted by Crippen LogP contribution is -2.58. The fraction of sp³-hybridized carbons (Fsp3) is 0.950. The number of carboxylic acid groups (broad SMARTS) is 1. The summed E-state index contributed by atoms with van der Waals surface area (Å²) in [4.78, 5) is 11.0. The summed E-state index contributed by atoms with van der Waals surface area (Å²) in [6, 6.07) is 0. The first kappa shape index (κ1) is 27.6. The summed E-state index contributed by atoms with van der Waals surface area (Å²) in [5.74, 6) is -2.99. The molecule has 2 saturated heterocycles. The molecule has 2 aliphatic heterocycles. The number of aliphatic hydroxyl groups excluding tert-OH is 3. The largest absolute Gasteiger partial charge is 0.481 e. The Labute approximate surface area is 188 Å². The van der Waals surface area contributed by atoms with E-state index >= 15 is 0 Å². The standard InChI is InChI=1S/C20H37O11P/c1-9(18(24)25)8-27-32(6,26)31-20-17(12(4)15(22)13(5)28-20)30-19-11(3)10(2)16(23)14(7-21)29-19/h9-17,19-23H,7-8H2,1-6H3,(H,24,25)/t9-,10+,11?,12?,13+,14?,15?,16-,17+,19-,20-,32?/m0/s1. The minimum atomic E-state index is -3.74. The van der Waals surface area contributed by atoms with Gasteiger partial charge in [0.1, 0.15) is 12.2 Å². The lowest BCUT2D eigenvalue weighted by molar-refractivity contribution is -0.334. The third-order valence-electron chi connectivity index (χ3n) is 6.39. The molecule has 12 atom stereocenters. The summed E-state index contributed by atoms with van der Waals surface area (Å²) in [6.07, 6.45) is -6.21. The number of aliphatic carboxylic acids is 1. The molecule has 0 spiro atoms. The summed E-state index contributed by atoms with van der Waals surface area (Å²) in [5.41, 5.74) is 0. The first-order valence-corrected chi connectivity index (χ1v) is 12.8. The van der Waals surface area contributed by atoms with Crippen LogP contribution >= 0.6 is 7.60 Å². The van der Waals surface area contributed by atoms with Crippen LogP contribution in [0.5, 0.6) is 0 Å². The molecule has 188 valence electrons. The number of hydrogen-bond donors (Lipinski definition) is 4. The highest BCUT2D eigenvalue weighted by molar-refractivity contribution is 7.53. The number of ether oxygens (including phenoxy) is 3. The fourth-order valence-corrected chi connectivity index (χ4v) is 4.89. The maximum absolute atomic E-state index is 12.9. The lowest BCUT2D eigenvalue weighted by Gasteiger charge is -2.47. The van der Waals surface area contributed by atoms with Gasteiger partial charge in [-0.25, -0.2) is 0 Å². The smallest absolute Gasteiger partial charge is 0.330 e. The van der Waals surface area contributed by atoms with Crippen LogP contribution < -0.4 is 0 Å². The van der Waals surface area contributed by atoms with E-state index in [1.807, 2.05) is 13.8 Å². The molecule has 2 aliphatic rings. The van der Waals surface area contributed by atoms with Crippen LogP contribution in [-0.2, 0) is 32.6 Å². The zero-order valence-corrected chi connectivity index (χ0v) is 20.3. The van der Waals surface area contributed by atoms with E-state index in [0.717, 1.165) is 0 Å². The van der Waals surface area contributed by atoms with Crippen LogP contribution in [0.2, 0.25) is 0 Å². The number of rotatable bonds is 9. The van der Waals surface area contributed by atoms with Crippen molar-refractivity contribution < 1.29 is 53.0 Å². The van der Waals surface area contributed by atoms with Gasteiger partial charge < -0.3 is 39.2 Å². The number of carboxylic acids is 1. The van der Waals surface area contributed by atoms with Gasteiger partial charge in [-0.2, -0.15) is 0 Å². The molecule has 0 bridgehead atoms. The SMILES string of the molecule is CC1[C@H](O[C@@H]2C(C)C(O)[C@@H](C)O[C@H]2OP(C)(=O)OC[C@H](C)C(=O)O)OC(CO)[C@@H](O)[C@@H]1C. The quantitative estimate of drug-likeness (QED) is 0.346. The number of aliphatic hydroxyl groups is 3. The Morgan fingerprint density at radius 3 is 2.22 bits per heavy atom. The molecule has 4 N–H and O–H groups in total. The van der Waals surface area contributed by atoms with E-state index in [0.29, 0.717) is 0 Å². The van der Waals surface area contributed by atoms with Crippen molar-refractivity contribution >= 4 is 13.6 Å². The minimum Gasteiger partial charge on any atom is -0.481 e. The van der Waals surface area contributed by atoms with Gasteiger partial charge in [0.15, 0.2) is 12.6 Å². The molecule has 5 unspecified atom stereocenters. The van der Waals surface area contributed by atoms with E-state index in [1.165, 1.54) is 13.6 Å². The van der Waals surface area contributed by atoms with Crippen molar-refractivity contribution in [3.8, 4) is 0 Å². The Morgan fingerprint density at radius 1 is 1.03 bits per heavy atom. The first-order valence-electron chi connectivity index (χ1n) is 10.9. The molecule has 0 amide bonds. The molecule has 0 radical (unpaired) electrons. The molecule has 0 aromatic heterocycles. The maximum atomic E-state index is 12.9. The van der Waals surface area contributed by atoms with Crippen LogP contribution in [0.1, 0.15) is 34.6 Å². The molecular formula is C20H37O11P. The topological polar surface area (TPSA) is 161 Å². The normalized spacial score (nSPS) is 43.4. The Morgan fingerprint density at radius 2 is 1.66 bits per heavy atom. The molecule has 11 nitrogen and oxygen atoms in total. The molecule has 0 aliphatic carbocycles. The van der Waals surface area contributed by atoms with Gasteiger partial charge in [-0.05, 0) is 19.8 Å². The van der Waals surface area contributed by atoms with Crippen molar-refractivity contribution in [3.63, 3.8) is 0 Å². The molecule has 2 fully saturated rings. The van der Waals surface area contributed by atoms with Gasteiger partial charge in [-0.1, -0.05) is 20.8 Å². The summed E-state index contributed by atoms with van der Waals surface area (Å²) in [7, 11) is -3.74. The van der Waals surface area contributed by atoms with Crippen LogP contribution in [0.25, 0.3) is 0 Å². The van der Waals surface area contributed by atoms with Crippen molar-refractivity contribution in [2.24, 2.45) is 23.7 Å². The molecular weight excluding hydrogens is 447 g/mol. The third-order valence-corrected chi connectivity index (χ3v) is 7.60. The predicted molar refractivity (Wildman–Crippen MR) is 112 cm³/mol. The summed E-state index contributed by atoms with van der Waals surface area (Å²) >= 11 is 0. The van der Waals surface area contributed by atoms with Crippen molar-refractivity contribution in [2.45, 2.75) is 77.7 Å². The zero-order valence-electron chi connectivity index (χ0n) is 19.4. The van der Waals surface area contributed by atoms with E-state index in [-0.39, 0.29) is 18.4 Å². The van der Waals surface area contributed by atoms with E-state index < -0.39 is 75.1 Å². The third kappa shape index (κ3) is 6.49. The van der Waals surface area contributed by atoms with Gasteiger partial charge >= 0.3 is 13.6 Å². The van der Waals surface area contributed by atoms with Gasteiger partial charge in [0, 0.05) is 18.5 Å². The van der Waals surface area contributed by atoms with Crippen LogP contribution in [-0.4, -0.2) is 89.4 Å². The second-order valence-corrected chi connectivity index (χ2v) is 11.0. The van der Waals surface area contributed by atoms with Gasteiger partial charge in [-0.3, -0.25) is 13.9 Å². The molecule has 12 heteroatoms. The minimum absolute atomic E-state index is 0.243. The monoisotopic (exact) mass is 484 g/mol. The maximum Gasteiger partial charge on any atom is 0.330 e. The molecule has 0 aromatic carbocycles. The van der Waals surface area contributed by atoms with Crippen molar-refractivity contribution in [1.82, 2.24) is 0 Å². The molecule has 0 aromatic rings. The number of carbonyl (C=O) groups is 1. The zero-order chi connectivity index (χ0) is 24.4. The van der Waals surface area contributed by atoms with Gasteiger partial charge in [0.05, 0.1) is 37.4 Å². The molecule has 0 saturated carbocycles. The van der Waals surface area contributed by atoms with Crippen LogP contribution in [0.4, 0.5) is 0 Å². The number of hydrogen-bond acceptors (Lipinski definition) is 10. The van der Waals surface area contributed by atoms with E-state index in [1.54, 1.807) is 13.8 Å². The van der Waals surface area contributed by atoms with Crippen LogP contribution in [0, 0.1) is 23.7 Å². The fourth-order valence-electron chi connectivity index (χ4n) is 3.79. The van der Waals surface area contributed by atoms with E-state index in [9.17, 15) is 24.7 Å². The molecule has 32 heavy (non-hydrogen) atoms. The lowest BCUT2D eigenvalue weighted by atomic mass is 9.84. The Bertz CT molecular complexity index is 674. The van der Waals surface area contributed by atoms with Gasteiger partial charge in [0.25, 0.3) is 0 Å². The summed E-state index contributed by atoms with van der Waals surface area (Å²) in [6.45, 7) is 8.94. The van der Waals surface area contributed by atoms with Gasteiger partial charge in [-0.15, -0.1) is 0 Å². The van der Waals surface area contributed by atoms with Crippen molar-refractivity contribution in [2.75, 3.05) is 19.9 Å². The summed E-state index contributed by atoms with van der Waals surface area (Å²) in [5, 5.41) is 39.3. The molecule has 2 rings (SSSR count). The Balaban J connectivity index is 2.17. The highest BCUT2D eigenvalue weighted by atomic mass is 31.2. The molecule has 2 heterocycles. The van der Waals surface area contributed by atoms with Crippen LogP contribution in [0.3, 0.4) is 0 Å². The van der Waals surface area contributed by atoms with E-state index in [2.05, 4.69) is 0 Å². The first-order chi connectivity index (χ1) is 14.8. The van der Waals surface area contributed by atoms with Crippen molar-refractivity contribution in [1.29, 1.82) is 0 Å². The average Bonchev–Trinajstić information content (AvgIpc) is 2.72. The average molecular weight is 484 g/mol. The Kier molecular flexibility index (Phi) is 9.67. The van der Waals surface area contributed by atoms with Crippen LogP contribution in [0.15, 0.2) is 0 Å². The summed E-state index contributed by atoms with van der Waals surface area (Å²) < 4.78 is 41.3. The highest BCUT2D eigenvalue weighted by Crippen LogP contribution is 2.48. The Hall–Kier alpha value is -0.620.